The molecule has 0 unspecified atom stereocenters. The van der Waals surface area contributed by atoms with Crippen LogP contribution in [-0.4, -0.2) is 0 Å². The summed E-state index contributed by atoms with van der Waals surface area (Å²) in [4.78, 5) is 4.52. The maximum absolute atomic E-state index is 17.2. The molecule has 0 radical (unpaired) electrons. The fraction of sp³-hybridized carbons (Fsp3) is 0.0312. The van der Waals surface area contributed by atoms with Crippen molar-refractivity contribution in [3.63, 3.8) is 0 Å². The molecule has 336 valence electrons. The van der Waals surface area contributed by atoms with E-state index < -0.39 is 5.82 Å². The van der Waals surface area contributed by atoms with E-state index in [-0.39, 0.29) is 5.58 Å². The fourth-order valence-electron chi connectivity index (χ4n) is 11.1. The van der Waals surface area contributed by atoms with Crippen molar-refractivity contribution < 1.29 is 22.1 Å². The molecule has 4 aromatic heterocycles. The predicted octanol–water partition coefficient (Wildman–Crippen LogP) is 19.3. The minimum absolute atomic E-state index is 0.202. The van der Waals surface area contributed by atoms with E-state index in [0.717, 1.165) is 116 Å². The summed E-state index contributed by atoms with van der Waals surface area (Å²) in [6, 6.07) is 68.6. The lowest BCUT2D eigenvalue weighted by Crippen LogP contribution is -2.11. The van der Waals surface area contributed by atoms with Crippen molar-refractivity contribution in [2.45, 2.75) is 13.8 Å². The van der Waals surface area contributed by atoms with Crippen molar-refractivity contribution in [1.82, 2.24) is 0 Å². The Morgan fingerprint density at radius 2 is 0.775 bits per heavy atom. The number of fused-ring (bicyclic) bond motifs is 14. The largest absolute Gasteiger partial charge is 0.456 e. The van der Waals surface area contributed by atoms with Gasteiger partial charge in [-0.3, -0.25) is 0 Å². The zero-order valence-corrected chi connectivity index (χ0v) is 38.5. The maximum atomic E-state index is 17.2. The summed E-state index contributed by atoms with van der Waals surface area (Å²) in [5.41, 5.74) is 13.3. The molecule has 71 heavy (non-hydrogen) atoms. The number of halogens is 1. The van der Waals surface area contributed by atoms with Crippen molar-refractivity contribution in [1.29, 1.82) is 0 Å². The molecule has 0 spiro atoms. The Kier molecular flexibility index (Phi) is 8.28. The normalized spacial score (nSPS) is 12.2. The predicted molar refractivity (Wildman–Crippen MR) is 289 cm³/mol. The Balaban J connectivity index is 0.854. The number of anilines is 6. The third-order valence-electron chi connectivity index (χ3n) is 14.5. The number of hydrogen-bond acceptors (Lipinski definition) is 6. The molecule has 7 heteroatoms. The standard InChI is InChI=1S/C64H39FN2O4/c1-36-13-3-7-19-51(36)66(53-21-11-17-46-44-15-5-9-23-55(44)69-62(46)53)42-27-25-38-31-48-49-35-59-60(61(65)64(49)71-57(48)33-40(38)29-42)50-32-39-26-28-43(30-41(39)34-58(50)68-59)67(52-20-8-4-14-37(52)2)54-22-12-18-47-45-16-6-10-24-56(45)70-63(47)54/h3-35H,1-2H3. The molecule has 6 nitrogen and oxygen atoms in total. The number of para-hydroxylation sites is 6. The minimum atomic E-state index is -0.442. The van der Waals surface area contributed by atoms with Gasteiger partial charge < -0.3 is 27.5 Å². The van der Waals surface area contributed by atoms with E-state index in [0.29, 0.717) is 32.9 Å². The molecular weight excluding hydrogens is 880 g/mol. The Hall–Kier alpha value is -9.33. The van der Waals surface area contributed by atoms with Crippen LogP contribution in [0.25, 0.3) is 109 Å². The fourth-order valence-corrected chi connectivity index (χ4v) is 11.1. The van der Waals surface area contributed by atoms with Crippen LogP contribution < -0.4 is 9.80 Å². The molecule has 0 atom stereocenters. The summed E-state index contributed by atoms with van der Waals surface area (Å²) >= 11 is 0. The third-order valence-corrected chi connectivity index (χ3v) is 14.5. The van der Waals surface area contributed by atoms with Crippen LogP contribution in [0, 0.1) is 19.7 Å². The SMILES string of the molecule is Cc1ccccc1N(c1ccc2cc3c(cc2c1)oc1c(F)c2c(cc13)oc1cc3cc(N(c4ccccc4C)c4cccc5c4oc4ccccc45)ccc3cc12)c1cccc2c1oc1ccccc12. The van der Waals surface area contributed by atoms with E-state index in [1.165, 1.54) is 0 Å². The quantitative estimate of drug-likeness (QED) is 0.166. The molecule has 0 N–H and O–H groups in total. The Morgan fingerprint density at radius 1 is 0.310 bits per heavy atom. The summed E-state index contributed by atoms with van der Waals surface area (Å²) < 4.78 is 43.5. The van der Waals surface area contributed by atoms with Gasteiger partial charge in [-0.1, -0.05) is 109 Å². The van der Waals surface area contributed by atoms with Crippen LogP contribution in [0.15, 0.2) is 218 Å². The lowest BCUT2D eigenvalue weighted by Gasteiger charge is -2.27. The summed E-state index contributed by atoms with van der Waals surface area (Å²) in [6.07, 6.45) is 0. The van der Waals surface area contributed by atoms with E-state index in [4.69, 9.17) is 17.7 Å². The van der Waals surface area contributed by atoms with Crippen LogP contribution in [-0.2, 0) is 0 Å². The molecular formula is C64H39FN2O4. The summed E-state index contributed by atoms with van der Waals surface area (Å²) in [7, 11) is 0. The Morgan fingerprint density at radius 3 is 1.34 bits per heavy atom. The van der Waals surface area contributed by atoms with E-state index in [1.54, 1.807) is 0 Å². The molecule has 15 rings (SSSR count). The molecule has 0 aliphatic rings. The van der Waals surface area contributed by atoms with Crippen molar-refractivity contribution >= 4 is 143 Å². The van der Waals surface area contributed by atoms with Gasteiger partial charge in [-0.25, -0.2) is 4.39 Å². The van der Waals surface area contributed by atoms with Gasteiger partial charge in [0.05, 0.1) is 16.8 Å². The third kappa shape index (κ3) is 5.87. The molecule has 0 aliphatic heterocycles. The molecule has 0 amide bonds. The summed E-state index contributed by atoms with van der Waals surface area (Å²) in [5, 5.41) is 10.7. The number of furan rings is 4. The minimum Gasteiger partial charge on any atom is -0.456 e. The average Bonchev–Trinajstić information content (AvgIpc) is 4.17. The van der Waals surface area contributed by atoms with Gasteiger partial charge in [0.1, 0.15) is 27.9 Å². The van der Waals surface area contributed by atoms with Crippen molar-refractivity contribution in [2.75, 3.05) is 9.80 Å². The van der Waals surface area contributed by atoms with Crippen LogP contribution in [0.1, 0.15) is 11.1 Å². The summed E-state index contributed by atoms with van der Waals surface area (Å²) in [6.45, 7) is 4.25. The van der Waals surface area contributed by atoms with E-state index in [2.05, 4.69) is 163 Å². The monoisotopic (exact) mass is 918 g/mol. The molecule has 0 saturated carbocycles. The first-order valence-corrected chi connectivity index (χ1v) is 23.8. The molecule has 0 fully saturated rings. The highest BCUT2D eigenvalue weighted by Crippen LogP contribution is 2.48. The Bertz CT molecular complexity index is 4540. The maximum Gasteiger partial charge on any atom is 0.178 e. The molecule has 4 heterocycles. The smallest absolute Gasteiger partial charge is 0.178 e. The first-order valence-electron chi connectivity index (χ1n) is 23.8. The van der Waals surface area contributed by atoms with E-state index in [9.17, 15) is 0 Å². The van der Waals surface area contributed by atoms with Crippen molar-refractivity contribution in [3.8, 4) is 0 Å². The first-order chi connectivity index (χ1) is 34.9. The number of hydrogen-bond donors (Lipinski definition) is 0. The van der Waals surface area contributed by atoms with Gasteiger partial charge in [0, 0.05) is 60.5 Å². The topological polar surface area (TPSA) is 59.0 Å². The molecule has 11 aromatic carbocycles. The first kappa shape index (κ1) is 39.6. The second-order valence-electron chi connectivity index (χ2n) is 18.7. The van der Waals surface area contributed by atoms with Gasteiger partial charge in [0.2, 0.25) is 0 Å². The van der Waals surface area contributed by atoms with Gasteiger partial charge in [-0.2, -0.15) is 0 Å². The second kappa shape index (κ2) is 14.8. The van der Waals surface area contributed by atoms with Gasteiger partial charge >= 0.3 is 0 Å². The molecule has 0 aliphatic carbocycles. The summed E-state index contributed by atoms with van der Waals surface area (Å²) in [5.74, 6) is -0.442. The van der Waals surface area contributed by atoms with Crippen LogP contribution in [0.3, 0.4) is 0 Å². The van der Waals surface area contributed by atoms with Crippen LogP contribution in [0.2, 0.25) is 0 Å². The molecule has 0 saturated heterocycles. The van der Waals surface area contributed by atoms with Crippen molar-refractivity contribution in [3.05, 3.63) is 217 Å². The average molecular weight is 919 g/mol. The van der Waals surface area contributed by atoms with Gasteiger partial charge in [0.25, 0.3) is 0 Å². The van der Waals surface area contributed by atoms with Crippen LogP contribution in [0.5, 0.6) is 0 Å². The van der Waals surface area contributed by atoms with Gasteiger partial charge in [-0.05, 0) is 138 Å². The second-order valence-corrected chi connectivity index (χ2v) is 18.7. The van der Waals surface area contributed by atoms with E-state index >= 15 is 4.39 Å². The lowest BCUT2D eigenvalue weighted by molar-refractivity contribution is 0.590. The van der Waals surface area contributed by atoms with Crippen LogP contribution in [0.4, 0.5) is 38.5 Å². The molecule has 15 aromatic rings. The number of rotatable bonds is 6. The highest BCUT2D eigenvalue weighted by atomic mass is 19.1. The lowest BCUT2D eigenvalue weighted by atomic mass is 10.0. The molecule has 0 bridgehead atoms. The van der Waals surface area contributed by atoms with Gasteiger partial charge in [0.15, 0.2) is 22.6 Å². The van der Waals surface area contributed by atoms with Gasteiger partial charge in [-0.15, -0.1) is 0 Å². The van der Waals surface area contributed by atoms with Crippen molar-refractivity contribution in [2.24, 2.45) is 0 Å². The zero-order chi connectivity index (χ0) is 47.1. The zero-order valence-electron chi connectivity index (χ0n) is 38.5. The number of benzene rings is 11. The highest BCUT2D eigenvalue weighted by molar-refractivity contribution is 6.19. The Labute approximate surface area is 404 Å². The van der Waals surface area contributed by atoms with E-state index in [1.807, 2.05) is 60.7 Å². The number of aryl methyl sites for hydroxylation is 2. The number of nitrogens with zero attached hydrogens (tertiary/aromatic N) is 2. The highest BCUT2D eigenvalue weighted by Gasteiger charge is 2.25. The van der Waals surface area contributed by atoms with Crippen LogP contribution >= 0.6 is 0 Å².